The van der Waals surface area contributed by atoms with Gasteiger partial charge in [0.25, 0.3) is 0 Å². The van der Waals surface area contributed by atoms with Gasteiger partial charge in [0.2, 0.25) is 0 Å². The van der Waals surface area contributed by atoms with Crippen molar-refractivity contribution >= 4 is 16.6 Å². The number of para-hydroxylation sites is 1. The Kier molecular flexibility index (Phi) is 4.10. The number of phenols is 1. The van der Waals surface area contributed by atoms with Gasteiger partial charge in [0.1, 0.15) is 5.75 Å². The summed E-state index contributed by atoms with van der Waals surface area (Å²) < 4.78 is 7.29. The molecule has 0 radical (unpaired) electrons. The van der Waals surface area contributed by atoms with Crippen LogP contribution in [0.1, 0.15) is 12.1 Å². The maximum atomic E-state index is 9.90. The molecule has 2 aromatic carbocycles. The van der Waals surface area contributed by atoms with Gasteiger partial charge in [-0.1, -0.05) is 36.4 Å². The summed E-state index contributed by atoms with van der Waals surface area (Å²) in [5, 5.41) is 15.4. The SMILES string of the molecule is Oc1cccc(-c2nc(C3=CCOCC3)c3cnn(-c4ccccc4)c3n2)c1. The minimum Gasteiger partial charge on any atom is -0.508 e. The molecule has 0 bridgehead atoms. The van der Waals surface area contributed by atoms with Crippen LogP contribution in [-0.4, -0.2) is 38.1 Å². The molecule has 2 aromatic heterocycles. The minimum atomic E-state index is 0.185. The van der Waals surface area contributed by atoms with Crippen LogP contribution < -0.4 is 0 Å². The number of aromatic nitrogens is 4. The number of aromatic hydroxyl groups is 1. The first-order chi connectivity index (χ1) is 13.8. The summed E-state index contributed by atoms with van der Waals surface area (Å²) in [5.41, 5.74) is 4.44. The Bertz CT molecular complexity index is 1180. The van der Waals surface area contributed by atoms with E-state index < -0.39 is 0 Å². The first kappa shape index (κ1) is 16.6. The Morgan fingerprint density at radius 2 is 1.89 bits per heavy atom. The van der Waals surface area contributed by atoms with E-state index in [1.807, 2.05) is 47.3 Å². The van der Waals surface area contributed by atoms with Crippen LogP contribution in [0.3, 0.4) is 0 Å². The van der Waals surface area contributed by atoms with Gasteiger partial charge in [-0.25, -0.2) is 14.6 Å². The van der Waals surface area contributed by atoms with Crippen LogP contribution in [0.5, 0.6) is 5.75 Å². The highest BCUT2D eigenvalue weighted by molar-refractivity contribution is 5.90. The summed E-state index contributed by atoms with van der Waals surface area (Å²) in [7, 11) is 0. The van der Waals surface area contributed by atoms with Gasteiger partial charge >= 0.3 is 0 Å². The van der Waals surface area contributed by atoms with Crippen LogP contribution in [0.25, 0.3) is 33.7 Å². The van der Waals surface area contributed by atoms with Crippen molar-refractivity contribution in [3.63, 3.8) is 0 Å². The van der Waals surface area contributed by atoms with Crippen molar-refractivity contribution in [3.8, 4) is 22.8 Å². The van der Waals surface area contributed by atoms with E-state index in [1.165, 1.54) is 0 Å². The molecule has 5 rings (SSSR count). The molecule has 0 saturated heterocycles. The fraction of sp³-hybridized carbons (Fsp3) is 0.136. The van der Waals surface area contributed by atoms with Crippen molar-refractivity contribution in [1.29, 1.82) is 0 Å². The highest BCUT2D eigenvalue weighted by atomic mass is 16.5. The van der Waals surface area contributed by atoms with Crippen LogP contribution in [0.15, 0.2) is 66.9 Å². The first-order valence-electron chi connectivity index (χ1n) is 9.17. The summed E-state index contributed by atoms with van der Waals surface area (Å²) in [6.07, 6.45) is 4.68. The zero-order chi connectivity index (χ0) is 18.9. The number of benzene rings is 2. The molecule has 0 saturated carbocycles. The van der Waals surface area contributed by atoms with Gasteiger partial charge in [-0.05, 0) is 36.3 Å². The monoisotopic (exact) mass is 370 g/mol. The van der Waals surface area contributed by atoms with Crippen LogP contribution in [0, 0.1) is 0 Å². The molecule has 0 atom stereocenters. The zero-order valence-corrected chi connectivity index (χ0v) is 15.1. The van der Waals surface area contributed by atoms with Crippen molar-refractivity contribution in [3.05, 3.63) is 72.6 Å². The Morgan fingerprint density at radius 3 is 2.68 bits per heavy atom. The van der Waals surface area contributed by atoms with E-state index in [4.69, 9.17) is 14.7 Å². The molecular formula is C22H18N4O2. The predicted octanol–water partition coefficient (Wildman–Crippen LogP) is 3.99. The van der Waals surface area contributed by atoms with E-state index in [2.05, 4.69) is 11.2 Å². The molecule has 6 heteroatoms. The Morgan fingerprint density at radius 1 is 1.00 bits per heavy atom. The number of rotatable bonds is 3. The molecule has 28 heavy (non-hydrogen) atoms. The van der Waals surface area contributed by atoms with Crippen molar-refractivity contribution in [2.24, 2.45) is 0 Å². The molecular weight excluding hydrogens is 352 g/mol. The fourth-order valence-electron chi connectivity index (χ4n) is 3.43. The predicted molar refractivity (Wildman–Crippen MR) is 107 cm³/mol. The van der Waals surface area contributed by atoms with Crippen LogP contribution in [0.4, 0.5) is 0 Å². The summed E-state index contributed by atoms with van der Waals surface area (Å²) in [5.74, 6) is 0.744. The smallest absolute Gasteiger partial charge is 0.167 e. The number of fused-ring (bicyclic) bond motifs is 1. The normalized spacial score (nSPS) is 14.2. The van der Waals surface area contributed by atoms with Gasteiger partial charge in [0, 0.05) is 5.56 Å². The van der Waals surface area contributed by atoms with Gasteiger partial charge in [0.15, 0.2) is 11.5 Å². The van der Waals surface area contributed by atoms with E-state index in [-0.39, 0.29) is 5.75 Å². The molecule has 1 N–H and O–H groups in total. The minimum absolute atomic E-state index is 0.185. The molecule has 0 fully saturated rings. The maximum Gasteiger partial charge on any atom is 0.167 e. The maximum absolute atomic E-state index is 9.90. The topological polar surface area (TPSA) is 73.1 Å². The van der Waals surface area contributed by atoms with Crippen molar-refractivity contribution in [2.75, 3.05) is 13.2 Å². The van der Waals surface area contributed by atoms with E-state index in [0.717, 1.165) is 40.0 Å². The molecule has 138 valence electrons. The van der Waals surface area contributed by atoms with Crippen LogP contribution >= 0.6 is 0 Å². The Balaban J connectivity index is 1.78. The number of phenolic OH excluding ortho intramolecular Hbond substituents is 1. The second-order valence-corrected chi connectivity index (χ2v) is 6.63. The third-order valence-electron chi connectivity index (χ3n) is 4.80. The standard InChI is InChI=1S/C22H18N4O2/c27-18-8-4-5-16(13-18)21-24-20(15-9-11-28-12-10-15)19-14-23-26(22(19)25-21)17-6-2-1-3-7-17/h1-9,13-14,27H,10-12H2. The second-order valence-electron chi connectivity index (χ2n) is 6.63. The van der Waals surface area contributed by atoms with Crippen molar-refractivity contribution < 1.29 is 9.84 Å². The lowest BCUT2D eigenvalue weighted by Gasteiger charge is -2.15. The lowest BCUT2D eigenvalue weighted by Crippen LogP contribution is -2.07. The molecule has 4 aromatic rings. The van der Waals surface area contributed by atoms with E-state index >= 15 is 0 Å². The number of ether oxygens (including phenoxy) is 1. The van der Waals surface area contributed by atoms with E-state index in [0.29, 0.717) is 19.0 Å². The summed E-state index contributed by atoms with van der Waals surface area (Å²) in [6, 6.07) is 16.9. The summed E-state index contributed by atoms with van der Waals surface area (Å²) in [4.78, 5) is 9.64. The molecule has 6 nitrogen and oxygen atoms in total. The van der Waals surface area contributed by atoms with E-state index in [9.17, 15) is 5.11 Å². The second kappa shape index (κ2) is 6.90. The van der Waals surface area contributed by atoms with Gasteiger partial charge in [0.05, 0.1) is 36.2 Å². The molecule has 3 heterocycles. The molecule has 1 aliphatic rings. The molecule has 1 aliphatic heterocycles. The van der Waals surface area contributed by atoms with Crippen molar-refractivity contribution in [1.82, 2.24) is 19.7 Å². The Labute approximate surface area is 161 Å². The fourth-order valence-corrected chi connectivity index (χ4v) is 3.43. The highest BCUT2D eigenvalue weighted by Crippen LogP contribution is 2.30. The number of hydrogen-bond acceptors (Lipinski definition) is 5. The largest absolute Gasteiger partial charge is 0.508 e. The third-order valence-corrected chi connectivity index (χ3v) is 4.80. The van der Waals surface area contributed by atoms with Crippen molar-refractivity contribution in [2.45, 2.75) is 6.42 Å². The Hall–Kier alpha value is -3.51. The summed E-state index contributed by atoms with van der Waals surface area (Å²) >= 11 is 0. The number of hydrogen-bond donors (Lipinski definition) is 1. The quantitative estimate of drug-likeness (QED) is 0.590. The van der Waals surface area contributed by atoms with E-state index in [1.54, 1.807) is 18.2 Å². The van der Waals surface area contributed by atoms with Gasteiger partial charge in [-0.15, -0.1) is 0 Å². The van der Waals surface area contributed by atoms with Crippen LogP contribution in [-0.2, 0) is 4.74 Å². The zero-order valence-electron chi connectivity index (χ0n) is 15.1. The van der Waals surface area contributed by atoms with Crippen LogP contribution in [0.2, 0.25) is 0 Å². The third kappa shape index (κ3) is 2.93. The average molecular weight is 370 g/mol. The lowest BCUT2D eigenvalue weighted by molar-refractivity contribution is 0.161. The molecule has 0 aliphatic carbocycles. The highest BCUT2D eigenvalue weighted by Gasteiger charge is 2.19. The molecule has 0 unspecified atom stereocenters. The van der Waals surface area contributed by atoms with Gasteiger partial charge in [-0.3, -0.25) is 0 Å². The first-order valence-corrected chi connectivity index (χ1v) is 9.17. The molecule has 0 spiro atoms. The van der Waals surface area contributed by atoms with Gasteiger partial charge in [-0.2, -0.15) is 5.10 Å². The lowest BCUT2D eigenvalue weighted by atomic mass is 10.0. The number of nitrogens with zero attached hydrogens (tertiary/aromatic N) is 4. The summed E-state index contributed by atoms with van der Waals surface area (Å²) in [6.45, 7) is 1.25. The average Bonchev–Trinajstić information content (AvgIpc) is 3.18. The van der Waals surface area contributed by atoms with Gasteiger partial charge < -0.3 is 9.84 Å². The molecule has 0 amide bonds.